The minimum absolute atomic E-state index is 0.0528. The van der Waals surface area contributed by atoms with Gasteiger partial charge in [-0.15, -0.1) is 11.6 Å². The molecule has 0 spiro atoms. The first-order chi connectivity index (χ1) is 13.7. The third-order valence-electron chi connectivity index (χ3n) is 5.10. The quantitative estimate of drug-likeness (QED) is 0.644. The van der Waals surface area contributed by atoms with E-state index in [1.54, 1.807) is 6.07 Å². The Kier molecular flexibility index (Phi) is 6.54. The van der Waals surface area contributed by atoms with Crippen molar-refractivity contribution in [2.75, 3.05) is 30.4 Å². The number of hydrogen-bond donors (Lipinski definition) is 0. The van der Waals surface area contributed by atoms with Crippen LogP contribution in [0.5, 0.6) is 11.6 Å². The smallest absolute Gasteiger partial charge is 0.229 e. The average molecular weight is 437 g/mol. The molecule has 0 aliphatic carbocycles. The van der Waals surface area contributed by atoms with E-state index in [-0.39, 0.29) is 11.9 Å². The first-order valence-corrected chi connectivity index (χ1v) is 10.5. The molecule has 0 bridgehead atoms. The van der Waals surface area contributed by atoms with Crippen molar-refractivity contribution in [1.82, 2.24) is 14.9 Å². The summed E-state index contributed by atoms with van der Waals surface area (Å²) in [5.41, 5.74) is 0.373. The molecule has 1 atom stereocenters. The van der Waals surface area contributed by atoms with Crippen LogP contribution in [0, 0.1) is 12.3 Å². The number of rotatable bonds is 5. The van der Waals surface area contributed by atoms with Gasteiger partial charge in [0.1, 0.15) is 17.9 Å². The van der Waals surface area contributed by atoms with Crippen LogP contribution in [0.15, 0.2) is 30.6 Å². The van der Waals surface area contributed by atoms with Gasteiger partial charge in [0.15, 0.2) is 0 Å². The molecule has 8 heteroatoms. The van der Waals surface area contributed by atoms with Crippen molar-refractivity contribution in [2.45, 2.75) is 33.7 Å². The second-order valence-corrected chi connectivity index (χ2v) is 8.71. The number of aromatic nitrogens is 2. The van der Waals surface area contributed by atoms with Gasteiger partial charge >= 0.3 is 0 Å². The number of benzene rings is 1. The van der Waals surface area contributed by atoms with Crippen LogP contribution in [-0.2, 0) is 4.79 Å². The number of carbonyl (C=O) groups is 1. The highest BCUT2D eigenvalue weighted by atomic mass is 35.5. The normalized spacial score (nSPS) is 17.4. The van der Waals surface area contributed by atoms with Crippen LogP contribution in [-0.4, -0.2) is 52.3 Å². The number of anilines is 1. The van der Waals surface area contributed by atoms with E-state index in [0.717, 1.165) is 11.4 Å². The third kappa shape index (κ3) is 4.93. The highest BCUT2D eigenvalue weighted by Crippen LogP contribution is 2.28. The van der Waals surface area contributed by atoms with Crippen molar-refractivity contribution in [2.24, 2.45) is 5.41 Å². The van der Waals surface area contributed by atoms with Gasteiger partial charge in [-0.05, 0) is 51.5 Å². The summed E-state index contributed by atoms with van der Waals surface area (Å²) in [4.78, 5) is 25.4. The Hall–Kier alpha value is -2.05. The number of nitrogens with zero attached hydrogens (tertiary/aromatic N) is 4. The fraction of sp³-hybridized carbons (Fsp3) is 0.476. The van der Waals surface area contributed by atoms with Gasteiger partial charge in [0.2, 0.25) is 11.8 Å². The Morgan fingerprint density at radius 3 is 2.69 bits per heavy atom. The van der Waals surface area contributed by atoms with E-state index in [4.69, 9.17) is 27.9 Å². The van der Waals surface area contributed by atoms with Crippen molar-refractivity contribution < 1.29 is 9.53 Å². The monoisotopic (exact) mass is 436 g/mol. The summed E-state index contributed by atoms with van der Waals surface area (Å²) < 4.78 is 5.88. The van der Waals surface area contributed by atoms with Crippen molar-refractivity contribution in [3.05, 3.63) is 41.2 Å². The maximum atomic E-state index is 12.8. The molecule has 2 aromatic rings. The van der Waals surface area contributed by atoms with Crippen molar-refractivity contribution in [1.29, 1.82) is 0 Å². The lowest BCUT2D eigenvalue weighted by Crippen LogP contribution is -2.57. The SMILES string of the molecule is Cc1cc(Oc2cc(N3CCN(C(=O)C(C)(C)CCl)[C@@H](C)C3)ncn2)ccc1Cl. The molecule has 1 saturated heterocycles. The van der Waals surface area contributed by atoms with Gasteiger partial charge < -0.3 is 14.5 Å². The first-order valence-electron chi connectivity index (χ1n) is 9.59. The summed E-state index contributed by atoms with van der Waals surface area (Å²) >= 11 is 12.1. The molecule has 2 heterocycles. The van der Waals surface area contributed by atoms with E-state index in [2.05, 4.69) is 14.9 Å². The molecule has 0 N–H and O–H groups in total. The predicted octanol–water partition coefficient (Wildman–Crippen LogP) is 4.53. The standard InChI is InChI=1S/C21H26Cl2N4O2/c1-14-9-16(5-6-17(14)23)29-19-10-18(24-13-25-19)26-7-8-27(15(2)11-26)20(28)21(3,4)12-22/h5-6,9-10,13,15H,7-8,11-12H2,1-4H3/t15-/m0/s1. The maximum Gasteiger partial charge on any atom is 0.229 e. The summed E-state index contributed by atoms with van der Waals surface area (Å²) in [5, 5.41) is 0.694. The molecule has 0 saturated carbocycles. The summed E-state index contributed by atoms with van der Waals surface area (Å²) in [6, 6.07) is 7.35. The van der Waals surface area contributed by atoms with Crippen LogP contribution >= 0.6 is 23.2 Å². The van der Waals surface area contributed by atoms with Crippen molar-refractivity contribution in [3.8, 4) is 11.6 Å². The van der Waals surface area contributed by atoms with Crippen LogP contribution in [0.25, 0.3) is 0 Å². The van der Waals surface area contributed by atoms with E-state index in [1.165, 1.54) is 6.33 Å². The third-order valence-corrected chi connectivity index (χ3v) is 6.20. The van der Waals surface area contributed by atoms with E-state index < -0.39 is 5.41 Å². The topological polar surface area (TPSA) is 58.6 Å². The summed E-state index contributed by atoms with van der Waals surface area (Å²) in [5.74, 6) is 2.30. The average Bonchev–Trinajstić information content (AvgIpc) is 2.70. The molecule has 29 heavy (non-hydrogen) atoms. The number of alkyl halides is 1. The maximum absolute atomic E-state index is 12.8. The molecule has 1 aromatic heterocycles. The Balaban J connectivity index is 1.70. The molecule has 3 rings (SSSR count). The first kappa shape index (κ1) is 21.7. The van der Waals surface area contributed by atoms with E-state index in [9.17, 15) is 4.79 Å². The molecule has 1 aliphatic heterocycles. The van der Waals surface area contributed by atoms with Gasteiger partial charge in [0.05, 0.1) is 5.41 Å². The lowest BCUT2D eigenvalue weighted by atomic mass is 9.93. The Labute approximate surface area is 181 Å². The second kappa shape index (κ2) is 8.76. The molecule has 156 valence electrons. The number of ether oxygens (including phenoxy) is 1. The molecule has 0 radical (unpaired) electrons. The van der Waals surface area contributed by atoms with Crippen LogP contribution < -0.4 is 9.64 Å². The Morgan fingerprint density at radius 2 is 2.03 bits per heavy atom. The number of amides is 1. The van der Waals surface area contributed by atoms with Crippen LogP contribution in [0.4, 0.5) is 5.82 Å². The fourth-order valence-electron chi connectivity index (χ4n) is 3.27. The molecule has 1 aromatic carbocycles. The Bertz CT molecular complexity index is 891. The number of aryl methyl sites for hydroxylation is 1. The molecule has 6 nitrogen and oxygen atoms in total. The molecular weight excluding hydrogens is 411 g/mol. The lowest BCUT2D eigenvalue weighted by Gasteiger charge is -2.43. The van der Waals surface area contributed by atoms with Gasteiger partial charge in [-0.2, -0.15) is 0 Å². The predicted molar refractivity (Wildman–Crippen MR) is 116 cm³/mol. The Morgan fingerprint density at radius 1 is 1.28 bits per heavy atom. The minimum Gasteiger partial charge on any atom is -0.439 e. The van der Waals surface area contributed by atoms with Crippen molar-refractivity contribution in [3.63, 3.8) is 0 Å². The molecular formula is C21H26Cl2N4O2. The number of piperazine rings is 1. The number of halogens is 2. The van der Waals surface area contributed by atoms with Gasteiger partial charge in [-0.1, -0.05) is 11.6 Å². The van der Waals surface area contributed by atoms with Gasteiger partial charge in [-0.3, -0.25) is 4.79 Å². The van der Waals surface area contributed by atoms with Gasteiger partial charge in [-0.25, -0.2) is 9.97 Å². The van der Waals surface area contributed by atoms with Crippen LogP contribution in [0.3, 0.4) is 0 Å². The second-order valence-electron chi connectivity index (χ2n) is 8.04. The summed E-state index contributed by atoms with van der Waals surface area (Å²) in [7, 11) is 0. The van der Waals surface area contributed by atoms with E-state index in [0.29, 0.717) is 42.2 Å². The molecule has 1 fully saturated rings. The minimum atomic E-state index is -0.565. The zero-order chi connectivity index (χ0) is 21.2. The van der Waals surface area contributed by atoms with Gasteiger partial charge in [0.25, 0.3) is 0 Å². The summed E-state index contributed by atoms with van der Waals surface area (Å²) in [6.45, 7) is 9.72. The molecule has 0 unspecified atom stereocenters. The molecule has 1 amide bonds. The fourth-order valence-corrected chi connectivity index (χ4v) is 3.51. The number of carbonyl (C=O) groups excluding carboxylic acids is 1. The van der Waals surface area contributed by atoms with Crippen LogP contribution in [0.1, 0.15) is 26.3 Å². The van der Waals surface area contributed by atoms with Crippen LogP contribution in [0.2, 0.25) is 5.02 Å². The van der Waals surface area contributed by atoms with Crippen molar-refractivity contribution >= 4 is 34.9 Å². The van der Waals surface area contributed by atoms with Gasteiger partial charge in [0, 0.05) is 42.6 Å². The zero-order valence-electron chi connectivity index (χ0n) is 17.2. The zero-order valence-corrected chi connectivity index (χ0v) is 18.7. The molecule has 1 aliphatic rings. The lowest BCUT2D eigenvalue weighted by molar-refractivity contribution is -0.141. The van der Waals surface area contributed by atoms with E-state index in [1.807, 2.05) is 50.8 Å². The highest BCUT2D eigenvalue weighted by molar-refractivity contribution is 6.31. The summed E-state index contributed by atoms with van der Waals surface area (Å²) in [6.07, 6.45) is 1.49. The highest BCUT2D eigenvalue weighted by Gasteiger charge is 2.36. The van der Waals surface area contributed by atoms with E-state index >= 15 is 0 Å². The number of hydrogen-bond acceptors (Lipinski definition) is 5. The largest absolute Gasteiger partial charge is 0.439 e.